The molecule has 1 heterocycles. The molecule has 0 aromatic carbocycles. The van der Waals surface area contributed by atoms with Crippen LogP contribution in [0.2, 0.25) is 0 Å². The summed E-state index contributed by atoms with van der Waals surface area (Å²) in [6.45, 7) is 8.42. The zero-order valence-corrected chi connectivity index (χ0v) is 27.2. The number of aliphatic hydroxyl groups is 2. The maximum Gasteiger partial charge on any atom is 0.335 e. The van der Waals surface area contributed by atoms with Crippen LogP contribution in [0, 0.1) is 40.9 Å². The summed E-state index contributed by atoms with van der Waals surface area (Å²) in [6, 6.07) is -0.751. The molecule has 1 amide bonds. The lowest BCUT2D eigenvalue weighted by molar-refractivity contribution is -0.173. The molecule has 244 valence electrons. The molecule has 1 aliphatic heterocycles. The highest BCUT2D eigenvalue weighted by atomic mass is 16.7. The van der Waals surface area contributed by atoms with Gasteiger partial charge in [0.15, 0.2) is 0 Å². The fourth-order valence-corrected chi connectivity index (χ4v) is 8.74. The van der Waals surface area contributed by atoms with Crippen LogP contribution in [0.15, 0.2) is 46.9 Å². The minimum absolute atomic E-state index is 0.0529. The van der Waals surface area contributed by atoms with Gasteiger partial charge in [-0.05, 0) is 67.8 Å². The van der Waals surface area contributed by atoms with E-state index in [0.717, 1.165) is 23.5 Å². The molecule has 4 N–H and O–H groups in total. The van der Waals surface area contributed by atoms with E-state index in [9.17, 15) is 24.9 Å². The number of methoxy groups -OCH3 is 1. The molecule has 3 saturated carbocycles. The van der Waals surface area contributed by atoms with E-state index in [1.807, 2.05) is 31.1 Å². The number of fused-ring (bicyclic) bond motifs is 2. The van der Waals surface area contributed by atoms with Crippen LogP contribution in [0.4, 0.5) is 0 Å². The number of rotatable bonds is 10. The Morgan fingerprint density at radius 2 is 2.00 bits per heavy atom. The molecule has 10 heteroatoms. The number of hydrogen-bond acceptors (Lipinski definition) is 8. The van der Waals surface area contributed by atoms with Crippen molar-refractivity contribution in [1.29, 1.82) is 0 Å². The molecular weight excluding hydrogens is 562 g/mol. The Morgan fingerprint density at radius 3 is 2.57 bits per heavy atom. The van der Waals surface area contributed by atoms with Gasteiger partial charge in [0.1, 0.15) is 17.9 Å². The SMILES string of the molecule is COC1=C(CN2O[C@@H](CO)[C@@H]([C@H](C)O)[C@H]2C(=O)N[C@H]2C[C@H]3C[C@@H]([C@@H]2C)C3(C)C)C=CCC1C1C=C(C(=O)O)C=C(N(C)C)C1. The van der Waals surface area contributed by atoms with Crippen molar-refractivity contribution in [1.82, 2.24) is 15.3 Å². The largest absolute Gasteiger partial charge is 0.500 e. The van der Waals surface area contributed by atoms with E-state index in [1.54, 1.807) is 25.2 Å². The summed E-state index contributed by atoms with van der Waals surface area (Å²) in [5.74, 6) is 0.243. The molecule has 0 spiro atoms. The topological polar surface area (TPSA) is 132 Å². The van der Waals surface area contributed by atoms with Gasteiger partial charge in [0.2, 0.25) is 5.91 Å². The van der Waals surface area contributed by atoms with Gasteiger partial charge in [-0.25, -0.2) is 4.79 Å². The maximum absolute atomic E-state index is 14.1. The van der Waals surface area contributed by atoms with Gasteiger partial charge in [-0.2, -0.15) is 5.06 Å². The third kappa shape index (κ3) is 5.86. The van der Waals surface area contributed by atoms with Crippen LogP contribution in [0.25, 0.3) is 0 Å². The normalized spacial score (nSPS) is 37.1. The second-order valence-electron chi connectivity index (χ2n) is 14.4. The number of hydrogen-bond donors (Lipinski definition) is 4. The Kier molecular flexibility index (Phi) is 9.38. The number of carboxylic acids is 1. The van der Waals surface area contributed by atoms with Crippen molar-refractivity contribution < 1.29 is 34.5 Å². The second-order valence-corrected chi connectivity index (χ2v) is 14.4. The number of nitrogens with zero attached hydrogens (tertiary/aromatic N) is 2. The highest BCUT2D eigenvalue weighted by Gasteiger charge is 2.57. The Balaban J connectivity index is 1.40. The summed E-state index contributed by atoms with van der Waals surface area (Å²) < 4.78 is 6.00. The number of carbonyl (C=O) groups excluding carboxylic acids is 1. The van der Waals surface area contributed by atoms with Gasteiger partial charge in [-0.15, -0.1) is 0 Å². The summed E-state index contributed by atoms with van der Waals surface area (Å²) in [7, 11) is 5.45. The number of aliphatic hydroxyl groups excluding tert-OH is 2. The molecule has 6 rings (SSSR count). The Hall–Kier alpha value is -2.66. The van der Waals surface area contributed by atoms with Crippen LogP contribution < -0.4 is 5.32 Å². The molecule has 0 radical (unpaired) electrons. The summed E-state index contributed by atoms with van der Waals surface area (Å²) >= 11 is 0. The van der Waals surface area contributed by atoms with Crippen LogP contribution in [-0.4, -0.2) is 95.8 Å². The van der Waals surface area contributed by atoms with Gasteiger partial charge in [-0.1, -0.05) is 39.0 Å². The minimum Gasteiger partial charge on any atom is -0.500 e. The average Bonchev–Trinajstić information content (AvgIpc) is 3.36. The number of ether oxygens (including phenoxy) is 1. The standard InChI is InChI=1S/C34H51N3O7/c1-18-26-14-23(34(26,3)4)15-27(18)35-32(40)30-29(19(2)39)28(17-38)44-37(30)16-20-9-8-10-25(31(20)43-7)21-11-22(33(41)42)13-24(12-21)36(5)6/h8-9,11,13,18-19,21,23,25-30,38-39H,10,12,14-17H2,1-7H3,(H,35,40)(H,41,42)/t18-,19-,21?,23+,25?,26-,27-,28-,29+,30-/m0/s1. The number of carbonyl (C=O) groups is 2. The monoisotopic (exact) mass is 613 g/mol. The molecule has 0 aromatic rings. The van der Waals surface area contributed by atoms with E-state index in [2.05, 4.69) is 32.2 Å². The van der Waals surface area contributed by atoms with E-state index in [1.165, 1.54) is 6.42 Å². The molecular formula is C34H51N3O7. The fraction of sp³-hybridized carbons (Fsp3) is 0.706. The number of hydroxylamine groups is 2. The molecule has 10 atom stereocenters. The first-order valence-electron chi connectivity index (χ1n) is 16.1. The first kappa shape index (κ1) is 32.7. The van der Waals surface area contributed by atoms with Gasteiger partial charge >= 0.3 is 5.97 Å². The van der Waals surface area contributed by atoms with Crippen LogP contribution in [0.1, 0.15) is 53.4 Å². The van der Waals surface area contributed by atoms with Crippen molar-refractivity contribution in [2.24, 2.45) is 40.9 Å². The van der Waals surface area contributed by atoms with Crippen molar-refractivity contribution in [2.45, 2.75) is 77.7 Å². The lowest BCUT2D eigenvalue weighted by Crippen LogP contribution is -2.62. The molecule has 0 aromatic heterocycles. The van der Waals surface area contributed by atoms with Crippen LogP contribution in [0.5, 0.6) is 0 Å². The summed E-state index contributed by atoms with van der Waals surface area (Å²) in [5, 5.41) is 35.8. The molecule has 6 aliphatic rings. The van der Waals surface area contributed by atoms with Gasteiger partial charge in [0.25, 0.3) is 0 Å². The van der Waals surface area contributed by atoms with Crippen LogP contribution >= 0.6 is 0 Å². The zero-order chi connectivity index (χ0) is 32.1. The van der Waals surface area contributed by atoms with Crippen molar-refractivity contribution in [3.8, 4) is 0 Å². The van der Waals surface area contributed by atoms with Crippen LogP contribution in [-0.2, 0) is 19.2 Å². The highest BCUT2D eigenvalue weighted by Crippen LogP contribution is 2.61. The number of carboxylic acid groups (broad SMARTS) is 1. The highest BCUT2D eigenvalue weighted by molar-refractivity contribution is 5.90. The van der Waals surface area contributed by atoms with E-state index >= 15 is 0 Å². The van der Waals surface area contributed by atoms with Crippen LogP contribution in [0.3, 0.4) is 0 Å². The Labute approximate surface area is 261 Å². The predicted molar refractivity (Wildman–Crippen MR) is 166 cm³/mol. The fourth-order valence-electron chi connectivity index (χ4n) is 8.74. The van der Waals surface area contributed by atoms with Crippen molar-refractivity contribution in [3.63, 3.8) is 0 Å². The van der Waals surface area contributed by atoms with E-state index in [0.29, 0.717) is 36.0 Å². The molecule has 10 nitrogen and oxygen atoms in total. The summed E-state index contributed by atoms with van der Waals surface area (Å²) in [6.07, 6.45) is 9.46. The molecule has 2 unspecified atom stereocenters. The van der Waals surface area contributed by atoms with Gasteiger partial charge in [0, 0.05) is 43.2 Å². The average molecular weight is 614 g/mol. The van der Waals surface area contributed by atoms with Crippen molar-refractivity contribution in [3.05, 3.63) is 46.9 Å². The number of amides is 1. The molecule has 5 aliphatic carbocycles. The van der Waals surface area contributed by atoms with Gasteiger partial charge < -0.3 is 30.3 Å². The summed E-state index contributed by atoms with van der Waals surface area (Å²) in [4.78, 5) is 34.2. The molecule has 4 fully saturated rings. The number of nitrogens with one attached hydrogen (secondary N) is 1. The lowest BCUT2D eigenvalue weighted by atomic mass is 9.45. The molecule has 44 heavy (non-hydrogen) atoms. The van der Waals surface area contributed by atoms with Crippen molar-refractivity contribution >= 4 is 11.9 Å². The van der Waals surface area contributed by atoms with Gasteiger partial charge in [0.05, 0.1) is 31.9 Å². The molecule has 2 bridgehead atoms. The van der Waals surface area contributed by atoms with E-state index < -0.39 is 30.1 Å². The smallest absolute Gasteiger partial charge is 0.335 e. The maximum atomic E-state index is 14.1. The lowest BCUT2D eigenvalue weighted by Gasteiger charge is -2.62. The Morgan fingerprint density at radius 1 is 1.27 bits per heavy atom. The zero-order valence-electron chi connectivity index (χ0n) is 27.2. The molecule has 1 saturated heterocycles. The Bertz CT molecular complexity index is 1250. The summed E-state index contributed by atoms with van der Waals surface area (Å²) in [5.41, 5.74) is 2.32. The first-order valence-corrected chi connectivity index (χ1v) is 16.1. The van der Waals surface area contributed by atoms with Crippen molar-refractivity contribution in [2.75, 3.05) is 34.4 Å². The van der Waals surface area contributed by atoms with E-state index in [4.69, 9.17) is 9.57 Å². The third-order valence-electron chi connectivity index (χ3n) is 11.5. The number of allylic oxidation sites excluding steroid dienone is 4. The minimum atomic E-state index is -0.963. The van der Waals surface area contributed by atoms with Gasteiger partial charge in [-0.3, -0.25) is 9.63 Å². The third-order valence-corrected chi connectivity index (χ3v) is 11.5. The second kappa shape index (κ2) is 12.6. The van der Waals surface area contributed by atoms with E-state index in [-0.39, 0.29) is 42.5 Å². The first-order chi connectivity index (χ1) is 20.8. The predicted octanol–water partition coefficient (Wildman–Crippen LogP) is 3.10. The quantitative estimate of drug-likeness (QED) is 0.294. The number of aliphatic carboxylic acids is 1.